The van der Waals surface area contributed by atoms with Gasteiger partial charge in [-0.15, -0.1) is 0 Å². The van der Waals surface area contributed by atoms with Gasteiger partial charge in [-0.05, 0) is 39.2 Å². The molecule has 3 nitrogen and oxygen atoms in total. The van der Waals surface area contributed by atoms with Gasteiger partial charge in [0.15, 0.2) is 5.78 Å². The molecule has 0 saturated carbocycles. The fraction of sp³-hybridized carbons (Fsp3) is 0.444. The first-order valence-corrected chi connectivity index (χ1v) is 7.62. The first-order chi connectivity index (χ1) is 9.96. The summed E-state index contributed by atoms with van der Waals surface area (Å²) in [5, 5.41) is 4.67. The van der Waals surface area contributed by atoms with Crippen LogP contribution in [0.4, 0.5) is 0 Å². The van der Waals surface area contributed by atoms with Gasteiger partial charge in [-0.2, -0.15) is 5.10 Å². The Morgan fingerprint density at radius 3 is 2.19 bits per heavy atom. The van der Waals surface area contributed by atoms with Crippen molar-refractivity contribution in [2.45, 2.75) is 54.0 Å². The molecule has 0 fully saturated rings. The zero-order valence-electron chi connectivity index (χ0n) is 13.7. The highest BCUT2D eigenvalue weighted by Gasteiger charge is 2.18. The minimum Gasteiger partial charge on any atom is -0.294 e. The maximum Gasteiger partial charge on any atom is 0.163 e. The summed E-state index contributed by atoms with van der Waals surface area (Å²) in [6.45, 7) is 10.7. The van der Waals surface area contributed by atoms with Gasteiger partial charge < -0.3 is 0 Å². The molecule has 0 spiro atoms. The third-order valence-corrected chi connectivity index (χ3v) is 3.77. The number of rotatable bonds is 5. The number of Topliss-reactive ketones (excluding diaryl/α,β-unsaturated/α-hetero) is 1. The normalized spacial score (nSPS) is 10.9. The molecule has 0 saturated heterocycles. The Kier molecular flexibility index (Phi) is 4.61. The molecule has 3 heteroatoms. The second-order valence-electron chi connectivity index (χ2n) is 5.69. The Hall–Kier alpha value is -1.90. The number of carbonyl (C=O) groups is 1. The van der Waals surface area contributed by atoms with Crippen LogP contribution in [0.1, 0.15) is 59.2 Å². The van der Waals surface area contributed by atoms with E-state index >= 15 is 0 Å². The number of aryl methyl sites for hydroxylation is 3. The molecule has 0 bridgehead atoms. The van der Waals surface area contributed by atoms with Gasteiger partial charge in [0.2, 0.25) is 0 Å². The van der Waals surface area contributed by atoms with Crippen LogP contribution in [-0.4, -0.2) is 15.6 Å². The Labute approximate surface area is 127 Å². The fourth-order valence-electron chi connectivity index (χ4n) is 3.03. The summed E-state index contributed by atoms with van der Waals surface area (Å²) in [6, 6.07) is 6.55. The predicted molar refractivity (Wildman–Crippen MR) is 86.0 cm³/mol. The molecule has 0 aliphatic rings. The minimum atomic E-state index is 0.121. The van der Waals surface area contributed by atoms with Crippen LogP contribution in [0.25, 0.3) is 0 Å². The summed E-state index contributed by atoms with van der Waals surface area (Å²) in [5.41, 5.74) is 6.56. The van der Waals surface area contributed by atoms with E-state index in [9.17, 15) is 4.79 Å². The molecule has 0 aliphatic carbocycles. The summed E-state index contributed by atoms with van der Waals surface area (Å²) in [6.07, 6.45) is 1.62. The van der Waals surface area contributed by atoms with Gasteiger partial charge in [0, 0.05) is 5.69 Å². The number of hydrogen-bond acceptors (Lipinski definition) is 2. The molecule has 1 aromatic carbocycles. The van der Waals surface area contributed by atoms with Crippen molar-refractivity contribution in [1.82, 2.24) is 9.78 Å². The molecular weight excluding hydrogens is 260 g/mol. The minimum absolute atomic E-state index is 0.121. The Morgan fingerprint density at radius 1 is 1.10 bits per heavy atom. The average molecular weight is 284 g/mol. The van der Waals surface area contributed by atoms with Gasteiger partial charge in [0.1, 0.15) is 0 Å². The SMILES string of the molecule is CCc1nn(Cc2cc(C)cc(C)c2)c(CC)c1C(C)=O. The third kappa shape index (κ3) is 3.23. The van der Waals surface area contributed by atoms with Crippen LogP contribution in [0.3, 0.4) is 0 Å². The number of benzene rings is 1. The molecule has 2 rings (SSSR count). The lowest BCUT2D eigenvalue weighted by atomic mass is 10.1. The zero-order chi connectivity index (χ0) is 15.6. The van der Waals surface area contributed by atoms with Gasteiger partial charge in [0.25, 0.3) is 0 Å². The molecule has 21 heavy (non-hydrogen) atoms. The summed E-state index contributed by atoms with van der Waals surface area (Å²) in [5.74, 6) is 0.121. The lowest BCUT2D eigenvalue weighted by molar-refractivity contribution is 0.101. The van der Waals surface area contributed by atoms with Crippen molar-refractivity contribution in [3.63, 3.8) is 0 Å². The lowest BCUT2D eigenvalue weighted by Crippen LogP contribution is -2.08. The summed E-state index contributed by atoms with van der Waals surface area (Å²) in [7, 11) is 0. The largest absolute Gasteiger partial charge is 0.294 e. The highest BCUT2D eigenvalue weighted by molar-refractivity contribution is 5.96. The van der Waals surface area contributed by atoms with Crippen molar-refractivity contribution >= 4 is 5.78 Å². The molecule has 2 aromatic rings. The Morgan fingerprint density at radius 2 is 1.71 bits per heavy atom. The monoisotopic (exact) mass is 284 g/mol. The van der Waals surface area contributed by atoms with E-state index in [4.69, 9.17) is 0 Å². The van der Waals surface area contributed by atoms with Crippen LogP contribution < -0.4 is 0 Å². The van der Waals surface area contributed by atoms with Crippen LogP contribution in [0.2, 0.25) is 0 Å². The number of hydrogen-bond donors (Lipinski definition) is 0. The standard InChI is InChI=1S/C18H24N2O/c1-6-16-18(14(5)21)17(7-2)20(19-16)11-15-9-12(3)8-13(4)10-15/h8-10H,6-7,11H2,1-5H3. The molecule has 1 heterocycles. The smallest absolute Gasteiger partial charge is 0.163 e. The molecule has 0 unspecified atom stereocenters. The van der Waals surface area contributed by atoms with E-state index in [1.807, 2.05) is 4.68 Å². The lowest BCUT2D eigenvalue weighted by Gasteiger charge is -2.09. The quantitative estimate of drug-likeness (QED) is 0.781. The van der Waals surface area contributed by atoms with E-state index in [1.54, 1.807) is 6.92 Å². The molecule has 0 amide bonds. The number of aromatic nitrogens is 2. The van der Waals surface area contributed by atoms with Crippen molar-refractivity contribution in [1.29, 1.82) is 0 Å². The van der Waals surface area contributed by atoms with Gasteiger partial charge in [0.05, 0.1) is 17.8 Å². The molecule has 0 atom stereocenters. The second-order valence-corrected chi connectivity index (χ2v) is 5.69. The molecule has 0 N–H and O–H groups in total. The summed E-state index contributed by atoms with van der Waals surface area (Å²) >= 11 is 0. The maximum absolute atomic E-state index is 11.9. The van der Waals surface area contributed by atoms with Crippen molar-refractivity contribution in [2.24, 2.45) is 0 Å². The van der Waals surface area contributed by atoms with Gasteiger partial charge in [-0.1, -0.05) is 43.2 Å². The predicted octanol–water partition coefficient (Wildman–Crippen LogP) is 3.88. The van der Waals surface area contributed by atoms with Crippen LogP contribution >= 0.6 is 0 Å². The Bertz CT molecular complexity index is 648. The van der Waals surface area contributed by atoms with E-state index in [1.165, 1.54) is 16.7 Å². The molecule has 1 aromatic heterocycles. The van der Waals surface area contributed by atoms with E-state index in [0.717, 1.165) is 36.3 Å². The van der Waals surface area contributed by atoms with Crippen LogP contribution in [0.15, 0.2) is 18.2 Å². The molecule has 112 valence electrons. The number of ketones is 1. The van der Waals surface area contributed by atoms with Crippen LogP contribution in [-0.2, 0) is 19.4 Å². The maximum atomic E-state index is 11.9. The Balaban J connectivity index is 2.46. The van der Waals surface area contributed by atoms with Crippen molar-refractivity contribution in [3.8, 4) is 0 Å². The molecule has 0 radical (unpaired) electrons. The molecular formula is C18H24N2O. The highest BCUT2D eigenvalue weighted by atomic mass is 16.1. The van der Waals surface area contributed by atoms with Crippen molar-refractivity contribution < 1.29 is 4.79 Å². The topological polar surface area (TPSA) is 34.9 Å². The van der Waals surface area contributed by atoms with Crippen LogP contribution in [0, 0.1) is 13.8 Å². The van der Waals surface area contributed by atoms with E-state index in [-0.39, 0.29) is 5.78 Å². The number of carbonyl (C=O) groups excluding carboxylic acids is 1. The van der Waals surface area contributed by atoms with Gasteiger partial charge in [-0.3, -0.25) is 9.48 Å². The molecule has 0 aliphatic heterocycles. The van der Waals surface area contributed by atoms with Crippen LogP contribution in [0.5, 0.6) is 0 Å². The highest BCUT2D eigenvalue weighted by Crippen LogP contribution is 2.19. The van der Waals surface area contributed by atoms with Gasteiger partial charge in [-0.25, -0.2) is 0 Å². The summed E-state index contributed by atoms with van der Waals surface area (Å²) in [4.78, 5) is 11.9. The summed E-state index contributed by atoms with van der Waals surface area (Å²) < 4.78 is 2.00. The van der Waals surface area contributed by atoms with E-state index in [2.05, 4.69) is 51.0 Å². The number of nitrogens with zero attached hydrogens (tertiary/aromatic N) is 2. The third-order valence-electron chi connectivity index (χ3n) is 3.77. The van der Waals surface area contributed by atoms with Crippen molar-refractivity contribution in [3.05, 3.63) is 51.8 Å². The fourth-order valence-corrected chi connectivity index (χ4v) is 3.03. The second kappa shape index (κ2) is 6.25. The first kappa shape index (κ1) is 15.5. The first-order valence-electron chi connectivity index (χ1n) is 7.62. The average Bonchev–Trinajstić information content (AvgIpc) is 2.75. The van der Waals surface area contributed by atoms with E-state index in [0.29, 0.717) is 0 Å². The van der Waals surface area contributed by atoms with Gasteiger partial charge >= 0.3 is 0 Å². The zero-order valence-corrected chi connectivity index (χ0v) is 13.7. The van der Waals surface area contributed by atoms with E-state index < -0.39 is 0 Å². The van der Waals surface area contributed by atoms with Crippen molar-refractivity contribution in [2.75, 3.05) is 0 Å².